The molecular weight excluding hydrogens is 262 g/mol. The Morgan fingerprint density at radius 2 is 1.76 bits per heavy atom. The van der Waals surface area contributed by atoms with Crippen LogP contribution in [-0.2, 0) is 12.8 Å². The van der Waals surface area contributed by atoms with Gasteiger partial charge >= 0.3 is 0 Å². The molecule has 1 aromatic heterocycles. The first-order valence-corrected chi connectivity index (χ1v) is 8.24. The number of hydrogen-bond donors (Lipinski definition) is 0. The molecule has 5 nitrogen and oxygen atoms in total. The van der Waals surface area contributed by atoms with Gasteiger partial charge in [0.15, 0.2) is 0 Å². The van der Waals surface area contributed by atoms with Crippen molar-refractivity contribution in [3.05, 3.63) is 17.1 Å². The number of likely N-dealkylation sites (N-methyl/N-ethyl adjacent to an activating group) is 1. The van der Waals surface area contributed by atoms with Gasteiger partial charge in [0.1, 0.15) is 11.6 Å². The zero-order valence-electron chi connectivity index (χ0n) is 13.2. The molecule has 3 aliphatic rings. The van der Waals surface area contributed by atoms with Crippen molar-refractivity contribution in [2.24, 2.45) is 0 Å². The maximum Gasteiger partial charge on any atom is 0.135 e. The van der Waals surface area contributed by atoms with Gasteiger partial charge in [0.25, 0.3) is 0 Å². The van der Waals surface area contributed by atoms with Gasteiger partial charge < -0.3 is 9.80 Å². The van der Waals surface area contributed by atoms with E-state index in [1.54, 1.807) is 0 Å². The summed E-state index contributed by atoms with van der Waals surface area (Å²) in [4.78, 5) is 16.9. The van der Waals surface area contributed by atoms with Gasteiger partial charge in [-0.1, -0.05) is 0 Å². The number of aryl methyl sites for hydroxylation is 2. The lowest BCUT2D eigenvalue weighted by atomic mass is 10.0. The Morgan fingerprint density at radius 3 is 2.52 bits per heavy atom. The van der Waals surface area contributed by atoms with Crippen LogP contribution in [-0.4, -0.2) is 72.1 Å². The van der Waals surface area contributed by atoms with E-state index in [9.17, 15) is 0 Å². The van der Waals surface area contributed by atoms with Crippen LogP contribution in [0.25, 0.3) is 0 Å². The Hall–Kier alpha value is -1.20. The molecule has 1 aromatic rings. The van der Waals surface area contributed by atoms with Crippen LogP contribution in [0.15, 0.2) is 0 Å². The second kappa shape index (κ2) is 5.21. The van der Waals surface area contributed by atoms with Crippen LogP contribution in [0.3, 0.4) is 0 Å². The van der Waals surface area contributed by atoms with Crippen LogP contribution in [0.5, 0.6) is 0 Å². The minimum atomic E-state index is 0.728. The Labute approximate surface area is 127 Å². The first kappa shape index (κ1) is 13.5. The number of piperazine rings is 1. The predicted molar refractivity (Wildman–Crippen MR) is 83.9 cm³/mol. The minimum Gasteiger partial charge on any atom is -0.353 e. The van der Waals surface area contributed by atoms with E-state index in [-0.39, 0.29) is 0 Å². The smallest absolute Gasteiger partial charge is 0.135 e. The molecule has 0 bridgehead atoms. The largest absolute Gasteiger partial charge is 0.353 e. The molecular formula is C16H25N5. The molecule has 1 aliphatic carbocycles. The highest BCUT2D eigenvalue weighted by atomic mass is 15.4. The summed E-state index contributed by atoms with van der Waals surface area (Å²) in [5, 5.41) is 0. The first-order valence-electron chi connectivity index (χ1n) is 8.24. The van der Waals surface area contributed by atoms with E-state index in [1.807, 2.05) is 6.92 Å². The summed E-state index contributed by atoms with van der Waals surface area (Å²) in [6.07, 6.45) is 3.55. The zero-order valence-corrected chi connectivity index (χ0v) is 13.2. The normalized spacial score (nSPS) is 24.2. The number of hydrogen-bond acceptors (Lipinski definition) is 5. The lowest BCUT2D eigenvalue weighted by Crippen LogP contribution is -2.63. The third-order valence-electron chi connectivity index (χ3n) is 5.24. The van der Waals surface area contributed by atoms with Crippen molar-refractivity contribution in [1.29, 1.82) is 0 Å². The van der Waals surface area contributed by atoms with E-state index in [0.717, 1.165) is 31.4 Å². The van der Waals surface area contributed by atoms with Crippen molar-refractivity contribution < 1.29 is 0 Å². The molecule has 2 saturated heterocycles. The molecule has 0 atom stereocenters. The van der Waals surface area contributed by atoms with Gasteiger partial charge in [-0.25, -0.2) is 9.97 Å². The number of fused-ring (bicyclic) bond motifs is 1. The second-order valence-corrected chi connectivity index (χ2v) is 6.77. The van der Waals surface area contributed by atoms with Crippen molar-refractivity contribution in [3.63, 3.8) is 0 Å². The van der Waals surface area contributed by atoms with E-state index in [1.165, 1.54) is 56.1 Å². The number of anilines is 1. The number of nitrogens with zero attached hydrogens (tertiary/aromatic N) is 5. The van der Waals surface area contributed by atoms with Gasteiger partial charge in [0.05, 0.1) is 0 Å². The third-order valence-corrected chi connectivity index (χ3v) is 5.24. The molecule has 0 N–H and O–H groups in total. The Balaban J connectivity index is 1.44. The third kappa shape index (κ3) is 2.42. The molecule has 0 radical (unpaired) electrons. The van der Waals surface area contributed by atoms with E-state index in [4.69, 9.17) is 4.98 Å². The van der Waals surface area contributed by atoms with Gasteiger partial charge in [-0.3, -0.25) is 4.90 Å². The van der Waals surface area contributed by atoms with Crippen molar-refractivity contribution in [3.8, 4) is 0 Å². The molecule has 5 heteroatoms. The van der Waals surface area contributed by atoms with Crippen LogP contribution >= 0.6 is 0 Å². The average molecular weight is 287 g/mol. The van der Waals surface area contributed by atoms with E-state index in [2.05, 4.69) is 26.7 Å². The molecule has 114 valence electrons. The van der Waals surface area contributed by atoms with Gasteiger partial charge in [0.2, 0.25) is 0 Å². The summed E-state index contributed by atoms with van der Waals surface area (Å²) in [6.45, 7) is 9.17. The maximum absolute atomic E-state index is 4.75. The topological polar surface area (TPSA) is 35.5 Å². The molecule has 0 saturated carbocycles. The van der Waals surface area contributed by atoms with Crippen LogP contribution in [0.2, 0.25) is 0 Å². The van der Waals surface area contributed by atoms with Crippen LogP contribution in [0, 0.1) is 6.92 Å². The van der Waals surface area contributed by atoms with Crippen molar-refractivity contribution in [2.45, 2.75) is 32.2 Å². The lowest BCUT2D eigenvalue weighted by molar-refractivity contribution is 0.0960. The SMILES string of the molecule is Cc1nc2c(c(N3CC(N4CCN(C)CC4)C3)n1)CCC2. The molecule has 2 aliphatic heterocycles. The fourth-order valence-electron chi connectivity index (χ4n) is 3.84. The first-order chi connectivity index (χ1) is 10.2. The van der Waals surface area contributed by atoms with Crippen LogP contribution < -0.4 is 4.90 Å². The summed E-state index contributed by atoms with van der Waals surface area (Å²) >= 11 is 0. The molecule has 0 unspecified atom stereocenters. The predicted octanol–water partition coefficient (Wildman–Crippen LogP) is 0.710. The Morgan fingerprint density at radius 1 is 1.00 bits per heavy atom. The van der Waals surface area contributed by atoms with Crippen molar-refractivity contribution in [1.82, 2.24) is 19.8 Å². The summed E-state index contributed by atoms with van der Waals surface area (Å²) in [5.41, 5.74) is 2.73. The molecule has 0 aromatic carbocycles. The number of rotatable bonds is 2. The molecule has 0 spiro atoms. The van der Waals surface area contributed by atoms with Crippen LogP contribution in [0.4, 0.5) is 5.82 Å². The van der Waals surface area contributed by atoms with E-state index < -0.39 is 0 Å². The molecule has 21 heavy (non-hydrogen) atoms. The second-order valence-electron chi connectivity index (χ2n) is 6.77. The molecule has 3 heterocycles. The van der Waals surface area contributed by atoms with Gasteiger partial charge in [-0.15, -0.1) is 0 Å². The summed E-state index contributed by atoms with van der Waals surface area (Å²) in [7, 11) is 2.22. The quantitative estimate of drug-likeness (QED) is 0.800. The summed E-state index contributed by atoms with van der Waals surface area (Å²) in [6, 6.07) is 0.728. The highest BCUT2D eigenvalue weighted by Crippen LogP contribution is 2.32. The standard InChI is InChI=1S/C16H25N5/c1-12-17-15-5-3-4-14(15)16(18-12)21-10-13(11-21)20-8-6-19(2)7-9-20/h13H,3-11H2,1-2H3. The average Bonchev–Trinajstić information content (AvgIpc) is 2.87. The highest BCUT2D eigenvalue weighted by molar-refractivity contribution is 5.53. The monoisotopic (exact) mass is 287 g/mol. The van der Waals surface area contributed by atoms with Crippen molar-refractivity contribution >= 4 is 5.82 Å². The fourth-order valence-corrected chi connectivity index (χ4v) is 3.84. The number of aromatic nitrogens is 2. The fraction of sp³-hybridized carbons (Fsp3) is 0.750. The Bertz CT molecular complexity index is 530. The Kier molecular flexibility index (Phi) is 3.34. The molecule has 4 rings (SSSR count). The van der Waals surface area contributed by atoms with E-state index >= 15 is 0 Å². The van der Waals surface area contributed by atoms with Gasteiger partial charge in [-0.05, 0) is 33.2 Å². The zero-order chi connectivity index (χ0) is 14.4. The lowest BCUT2D eigenvalue weighted by Gasteiger charge is -2.48. The minimum absolute atomic E-state index is 0.728. The summed E-state index contributed by atoms with van der Waals surface area (Å²) in [5.74, 6) is 2.18. The van der Waals surface area contributed by atoms with Gasteiger partial charge in [-0.2, -0.15) is 0 Å². The van der Waals surface area contributed by atoms with Crippen molar-refractivity contribution in [2.75, 3.05) is 51.2 Å². The van der Waals surface area contributed by atoms with Crippen LogP contribution in [0.1, 0.15) is 23.5 Å². The van der Waals surface area contributed by atoms with Gasteiger partial charge in [0, 0.05) is 56.6 Å². The molecule has 2 fully saturated rings. The molecule has 0 amide bonds. The van der Waals surface area contributed by atoms with E-state index in [0.29, 0.717) is 0 Å². The maximum atomic E-state index is 4.75. The summed E-state index contributed by atoms with van der Waals surface area (Å²) < 4.78 is 0. The highest BCUT2D eigenvalue weighted by Gasteiger charge is 2.35.